The van der Waals surface area contributed by atoms with Crippen LogP contribution in [0.2, 0.25) is 5.02 Å². The first-order valence-electron chi connectivity index (χ1n) is 6.21. The average molecular weight is 320 g/mol. The predicted octanol–water partition coefficient (Wildman–Crippen LogP) is 3.47. The summed E-state index contributed by atoms with van der Waals surface area (Å²) >= 11 is 5.93. The Kier molecular flexibility index (Phi) is 6.06. The summed E-state index contributed by atoms with van der Waals surface area (Å²) in [6, 6.07) is 5.96. The van der Waals surface area contributed by atoms with E-state index < -0.39 is 19.5 Å². The molecule has 2 atom stereocenters. The molecule has 0 aliphatic carbocycles. The van der Waals surface area contributed by atoms with Crippen LogP contribution in [-0.2, 0) is 14.1 Å². The number of rotatable bonds is 6. The van der Waals surface area contributed by atoms with Gasteiger partial charge in [-0.25, -0.2) is 5.09 Å². The van der Waals surface area contributed by atoms with Crippen molar-refractivity contribution in [2.75, 3.05) is 6.66 Å². The minimum absolute atomic E-state index is 0.229. The van der Waals surface area contributed by atoms with Gasteiger partial charge in [-0.2, -0.15) is 0 Å². The molecule has 0 heterocycles. The van der Waals surface area contributed by atoms with Crippen molar-refractivity contribution in [3.63, 3.8) is 0 Å². The van der Waals surface area contributed by atoms with E-state index in [4.69, 9.17) is 20.9 Å². The van der Waals surface area contributed by atoms with Gasteiger partial charge in [-0.15, -0.1) is 0 Å². The average Bonchev–Trinajstić information content (AvgIpc) is 2.30. The van der Waals surface area contributed by atoms with E-state index in [1.165, 1.54) is 6.66 Å². The fourth-order valence-electron chi connectivity index (χ4n) is 1.47. The summed E-state index contributed by atoms with van der Waals surface area (Å²) < 4.78 is 22.7. The molecule has 0 saturated carbocycles. The maximum atomic E-state index is 12.3. The van der Waals surface area contributed by atoms with Crippen LogP contribution in [0.25, 0.3) is 0 Å². The molecule has 0 spiro atoms. The molecule has 0 aliphatic heterocycles. The van der Waals surface area contributed by atoms with Crippen molar-refractivity contribution >= 4 is 25.1 Å². The molecule has 1 aromatic carbocycles. The SMILES string of the molecule is CC(C)OC(=O)[C@H](C)NP(C)(=O)Oc1ccccc1Cl. The second-order valence-corrected chi connectivity index (χ2v) is 7.24. The lowest BCUT2D eigenvalue weighted by molar-refractivity contribution is -0.149. The van der Waals surface area contributed by atoms with E-state index in [9.17, 15) is 9.36 Å². The molecular weight excluding hydrogens is 301 g/mol. The largest absolute Gasteiger partial charge is 0.462 e. The quantitative estimate of drug-likeness (QED) is 0.642. The molecule has 1 aromatic rings. The van der Waals surface area contributed by atoms with Crippen molar-refractivity contribution in [3.05, 3.63) is 29.3 Å². The molecular formula is C13H19ClNO4P. The Labute approximate surface area is 124 Å². The number of hydrogen-bond acceptors (Lipinski definition) is 4. The van der Waals surface area contributed by atoms with E-state index in [-0.39, 0.29) is 6.10 Å². The summed E-state index contributed by atoms with van der Waals surface area (Å²) in [7, 11) is -3.23. The van der Waals surface area contributed by atoms with Crippen molar-refractivity contribution in [1.82, 2.24) is 5.09 Å². The van der Waals surface area contributed by atoms with Gasteiger partial charge in [0.1, 0.15) is 11.8 Å². The van der Waals surface area contributed by atoms with Gasteiger partial charge in [0, 0.05) is 6.66 Å². The summed E-state index contributed by atoms with van der Waals surface area (Å²) in [6.45, 7) is 6.44. The molecule has 1 unspecified atom stereocenters. The Balaban J connectivity index is 2.68. The highest BCUT2D eigenvalue weighted by Gasteiger charge is 2.26. The van der Waals surface area contributed by atoms with E-state index in [0.717, 1.165) is 0 Å². The van der Waals surface area contributed by atoms with Gasteiger partial charge in [-0.05, 0) is 32.9 Å². The molecule has 0 amide bonds. The number of para-hydroxylation sites is 1. The standard InChI is InChI=1S/C13H19ClNO4P/c1-9(2)18-13(16)10(3)15-20(4,17)19-12-8-6-5-7-11(12)14/h5-10H,1-4H3,(H,15,17)/t10-,20?/m0/s1. The van der Waals surface area contributed by atoms with E-state index in [1.807, 2.05) is 0 Å². The summed E-state index contributed by atoms with van der Waals surface area (Å²) in [4.78, 5) is 11.7. The van der Waals surface area contributed by atoms with Crippen LogP contribution in [-0.4, -0.2) is 24.8 Å². The van der Waals surface area contributed by atoms with Gasteiger partial charge in [-0.3, -0.25) is 9.36 Å². The number of esters is 1. The fraction of sp³-hybridized carbons (Fsp3) is 0.462. The summed E-state index contributed by atoms with van der Waals surface area (Å²) in [5.41, 5.74) is 0. The van der Waals surface area contributed by atoms with Gasteiger partial charge < -0.3 is 9.26 Å². The molecule has 1 rings (SSSR count). The highest BCUT2D eigenvalue weighted by atomic mass is 35.5. The van der Waals surface area contributed by atoms with E-state index >= 15 is 0 Å². The number of hydrogen-bond donors (Lipinski definition) is 1. The number of carbonyl (C=O) groups excluding carboxylic acids is 1. The first-order valence-corrected chi connectivity index (χ1v) is 8.66. The van der Waals surface area contributed by atoms with Crippen molar-refractivity contribution in [2.24, 2.45) is 0 Å². The third-order valence-electron chi connectivity index (χ3n) is 2.24. The minimum Gasteiger partial charge on any atom is -0.462 e. The summed E-state index contributed by atoms with van der Waals surface area (Å²) in [5.74, 6) is -0.179. The zero-order valence-corrected chi connectivity index (χ0v) is 13.6. The Morgan fingerprint density at radius 2 is 1.90 bits per heavy atom. The van der Waals surface area contributed by atoms with E-state index in [2.05, 4.69) is 5.09 Å². The Bertz CT molecular complexity index is 521. The van der Waals surface area contributed by atoms with Crippen molar-refractivity contribution in [3.8, 4) is 5.75 Å². The topological polar surface area (TPSA) is 64.6 Å². The van der Waals surface area contributed by atoms with Crippen molar-refractivity contribution < 1.29 is 18.6 Å². The summed E-state index contributed by atoms with van der Waals surface area (Å²) in [5, 5.41) is 2.99. The van der Waals surface area contributed by atoms with Crippen LogP contribution < -0.4 is 9.61 Å². The van der Waals surface area contributed by atoms with E-state index in [0.29, 0.717) is 10.8 Å². The van der Waals surface area contributed by atoms with Gasteiger partial charge in [0.15, 0.2) is 0 Å². The number of benzene rings is 1. The first kappa shape index (κ1) is 17.0. The third-order valence-corrected chi connectivity index (χ3v) is 3.96. The lowest BCUT2D eigenvalue weighted by Gasteiger charge is -2.21. The van der Waals surface area contributed by atoms with Gasteiger partial charge in [-0.1, -0.05) is 23.7 Å². The minimum atomic E-state index is -3.23. The smallest absolute Gasteiger partial charge is 0.323 e. The molecule has 5 nitrogen and oxygen atoms in total. The Hall–Kier alpha value is -1.03. The van der Waals surface area contributed by atoms with Gasteiger partial charge in [0.05, 0.1) is 11.1 Å². The van der Waals surface area contributed by atoms with Crippen LogP contribution in [0.3, 0.4) is 0 Å². The fourth-order valence-corrected chi connectivity index (χ4v) is 3.10. The second kappa shape index (κ2) is 7.11. The molecule has 20 heavy (non-hydrogen) atoms. The first-order chi connectivity index (χ1) is 9.21. The molecule has 112 valence electrons. The van der Waals surface area contributed by atoms with Crippen LogP contribution in [0.5, 0.6) is 5.75 Å². The molecule has 0 bridgehead atoms. The molecule has 0 radical (unpaired) electrons. The van der Waals surface area contributed by atoms with Gasteiger partial charge in [0.25, 0.3) is 0 Å². The van der Waals surface area contributed by atoms with Crippen LogP contribution in [0.4, 0.5) is 0 Å². The normalized spacial score (nSPS) is 15.5. The Morgan fingerprint density at radius 1 is 1.30 bits per heavy atom. The lowest BCUT2D eigenvalue weighted by atomic mass is 10.3. The molecule has 0 saturated heterocycles. The third kappa shape index (κ3) is 5.53. The van der Waals surface area contributed by atoms with Crippen LogP contribution in [0, 0.1) is 0 Å². The van der Waals surface area contributed by atoms with Crippen LogP contribution in [0.15, 0.2) is 24.3 Å². The molecule has 0 fully saturated rings. The number of nitrogens with one attached hydrogen (secondary N) is 1. The lowest BCUT2D eigenvalue weighted by Crippen LogP contribution is -2.35. The zero-order valence-electron chi connectivity index (χ0n) is 11.9. The van der Waals surface area contributed by atoms with Gasteiger partial charge in [0.2, 0.25) is 0 Å². The maximum absolute atomic E-state index is 12.3. The van der Waals surface area contributed by atoms with E-state index in [1.54, 1.807) is 45.0 Å². The number of ether oxygens (including phenoxy) is 1. The number of carbonyl (C=O) groups is 1. The van der Waals surface area contributed by atoms with Crippen molar-refractivity contribution in [2.45, 2.75) is 32.9 Å². The monoisotopic (exact) mass is 319 g/mol. The number of halogens is 1. The highest BCUT2D eigenvalue weighted by molar-refractivity contribution is 7.56. The molecule has 1 N–H and O–H groups in total. The second-order valence-electron chi connectivity index (χ2n) is 4.70. The molecule has 0 aliphatic rings. The van der Waals surface area contributed by atoms with Crippen LogP contribution in [0.1, 0.15) is 20.8 Å². The highest BCUT2D eigenvalue weighted by Crippen LogP contribution is 2.42. The summed E-state index contributed by atoms with van der Waals surface area (Å²) in [6.07, 6.45) is -0.229. The van der Waals surface area contributed by atoms with Crippen LogP contribution >= 0.6 is 19.1 Å². The van der Waals surface area contributed by atoms with Crippen molar-refractivity contribution in [1.29, 1.82) is 0 Å². The molecule has 0 aromatic heterocycles. The van der Waals surface area contributed by atoms with Gasteiger partial charge >= 0.3 is 13.5 Å². The maximum Gasteiger partial charge on any atom is 0.323 e. The zero-order chi connectivity index (χ0) is 15.3. The molecule has 7 heteroatoms. The predicted molar refractivity (Wildman–Crippen MR) is 79.4 cm³/mol. The Morgan fingerprint density at radius 3 is 2.45 bits per heavy atom.